The van der Waals surface area contributed by atoms with E-state index in [2.05, 4.69) is 4.98 Å². The van der Waals surface area contributed by atoms with Crippen LogP contribution >= 0.6 is 22.9 Å². The molecule has 0 fully saturated rings. The van der Waals surface area contributed by atoms with E-state index in [-0.39, 0.29) is 10.8 Å². The van der Waals surface area contributed by atoms with Crippen LogP contribution < -0.4 is 4.90 Å². The minimum Gasteiger partial charge on any atom is -0.284 e. The fourth-order valence-corrected chi connectivity index (χ4v) is 4.18. The summed E-state index contributed by atoms with van der Waals surface area (Å²) in [6.45, 7) is 2.31. The molecule has 0 aliphatic carbocycles. The monoisotopic (exact) mass is 394 g/mol. The zero-order valence-corrected chi connectivity index (χ0v) is 16.0. The normalized spacial score (nSPS) is 11.6. The molecule has 5 nitrogen and oxygen atoms in total. The second-order valence-electron chi connectivity index (χ2n) is 5.45. The van der Waals surface area contributed by atoms with Gasteiger partial charge in [-0.3, -0.25) is 9.69 Å². The summed E-state index contributed by atoms with van der Waals surface area (Å²) in [6.07, 6.45) is 1.13. The highest BCUT2D eigenvalue weighted by atomic mass is 35.5. The number of hydrogen-bond donors (Lipinski definition) is 0. The molecule has 130 valence electrons. The molecule has 2 aromatic carbocycles. The van der Waals surface area contributed by atoms with Crippen LogP contribution in [0.25, 0.3) is 10.2 Å². The predicted molar refractivity (Wildman–Crippen MR) is 102 cm³/mol. The Morgan fingerprint density at radius 1 is 1.20 bits per heavy atom. The molecule has 0 saturated carbocycles. The Labute approximate surface area is 154 Å². The van der Waals surface area contributed by atoms with Crippen molar-refractivity contribution in [2.75, 3.05) is 17.7 Å². The molecule has 0 atom stereocenters. The van der Waals surface area contributed by atoms with Gasteiger partial charge < -0.3 is 0 Å². The van der Waals surface area contributed by atoms with Crippen LogP contribution in [0.3, 0.4) is 0 Å². The van der Waals surface area contributed by atoms with Crippen LogP contribution in [-0.2, 0) is 9.84 Å². The number of rotatable bonds is 4. The number of carbonyl (C=O) groups excluding carboxylic acids is 1. The van der Waals surface area contributed by atoms with E-state index in [1.165, 1.54) is 35.6 Å². The number of hydrogen-bond acceptors (Lipinski definition) is 5. The van der Waals surface area contributed by atoms with Gasteiger partial charge in [-0.15, -0.1) is 0 Å². The van der Waals surface area contributed by atoms with Crippen molar-refractivity contribution in [3.63, 3.8) is 0 Å². The number of fused-ring (bicyclic) bond motifs is 1. The number of benzene rings is 2. The maximum absolute atomic E-state index is 12.8. The summed E-state index contributed by atoms with van der Waals surface area (Å²) in [5, 5.41) is 1.17. The van der Waals surface area contributed by atoms with Crippen LogP contribution in [0.4, 0.5) is 5.13 Å². The maximum Gasteiger partial charge on any atom is 0.260 e. The number of thiazole rings is 1. The maximum atomic E-state index is 12.8. The van der Waals surface area contributed by atoms with E-state index < -0.39 is 9.84 Å². The SMILES string of the molecule is CCN(C(=O)c1ccc(S(C)(=O)=O)cc1)c1nc2cc(Cl)ccc2s1. The second-order valence-corrected chi connectivity index (χ2v) is 8.92. The van der Waals surface area contributed by atoms with Crippen LogP contribution in [0.5, 0.6) is 0 Å². The van der Waals surface area contributed by atoms with Crippen molar-refractivity contribution in [2.24, 2.45) is 0 Å². The van der Waals surface area contributed by atoms with Gasteiger partial charge in [0.15, 0.2) is 15.0 Å². The Morgan fingerprint density at radius 2 is 1.88 bits per heavy atom. The first kappa shape index (κ1) is 17.8. The predicted octanol–water partition coefficient (Wildman–Crippen LogP) is 4.02. The molecule has 0 spiro atoms. The summed E-state index contributed by atoms with van der Waals surface area (Å²) in [6, 6.07) is 11.3. The van der Waals surface area contributed by atoms with Gasteiger partial charge >= 0.3 is 0 Å². The Morgan fingerprint density at radius 3 is 2.48 bits per heavy atom. The zero-order chi connectivity index (χ0) is 18.2. The van der Waals surface area contributed by atoms with E-state index in [1.54, 1.807) is 17.0 Å². The molecule has 8 heteroatoms. The molecule has 1 heterocycles. The van der Waals surface area contributed by atoms with Crippen molar-refractivity contribution < 1.29 is 13.2 Å². The minimum atomic E-state index is -3.29. The van der Waals surface area contributed by atoms with Crippen molar-refractivity contribution in [1.29, 1.82) is 0 Å². The highest BCUT2D eigenvalue weighted by Crippen LogP contribution is 2.31. The minimum absolute atomic E-state index is 0.182. The van der Waals surface area contributed by atoms with Gasteiger partial charge in [0.1, 0.15) is 0 Å². The fraction of sp³-hybridized carbons (Fsp3) is 0.176. The highest BCUT2D eigenvalue weighted by Gasteiger charge is 2.20. The third-order valence-corrected chi connectivity index (χ3v) is 6.08. The third-order valence-electron chi connectivity index (χ3n) is 3.66. The van der Waals surface area contributed by atoms with Gasteiger partial charge in [0.05, 0.1) is 15.1 Å². The molecule has 3 aromatic rings. The number of anilines is 1. The van der Waals surface area contributed by atoms with Crippen molar-refractivity contribution in [3.05, 3.63) is 53.1 Å². The molecular weight excluding hydrogens is 380 g/mol. The summed E-state index contributed by atoms with van der Waals surface area (Å²) < 4.78 is 24.0. The highest BCUT2D eigenvalue weighted by molar-refractivity contribution is 7.90. The van der Waals surface area contributed by atoms with E-state index in [0.29, 0.717) is 22.3 Å². The number of aromatic nitrogens is 1. The average Bonchev–Trinajstić information content (AvgIpc) is 2.97. The number of sulfone groups is 1. The van der Waals surface area contributed by atoms with Crippen molar-refractivity contribution in [2.45, 2.75) is 11.8 Å². The first-order valence-electron chi connectivity index (χ1n) is 7.47. The summed E-state index contributed by atoms with van der Waals surface area (Å²) in [7, 11) is -3.29. The standard InChI is InChI=1S/C17H15ClN2O3S2/c1-3-20(17-19-14-10-12(18)6-9-15(14)24-17)16(21)11-4-7-13(8-5-11)25(2,22)23/h4-10H,3H2,1-2H3. The summed E-state index contributed by atoms with van der Waals surface area (Å²) in [4.78, 5) is 19.0. The number of halogens is 1. The molecule has 0 aliphatic heterocycles. The van der Waals surface area contributed by atoms with Crippen molar-refractivity contribution in [1.82, 2.24) is 4.98 Å². The number of carbonyl (C=O) groups is 1. The van der Waals surface area contributed by atoms with E-state index in [4.69, 9.17) is 11.6 Å². The molecule has 0 aliphatic rings. The molecule has 0 bridgehead atoms. The van der Waals surface area contributed by atoms with E-state index in [9.17, 15) is 13.2 Å². The van der Waals surface area contributed by atoms with E-state index >= 15 is 0 Å². The summed E-state index contributed by atoms with van der Waals surface area (Å²) >= 11 is 7.39. The molecule has 0 unspecified atom stereocenters. The number of amides is 1. The van der Waals surface area contributed by atoms with Crippen molar-refractivity contribution in [3.8, 4) is 0 Å². The van der Waals surface area contributed by atoms with E-state index in [0.717, 1.165) is 16.5 Å². The Bertz CT molecular complexity index is 1040. The molecular formula is C17H15ClN2O3S2. The van der Waals surface area contributed by atoms with Crippen LogP contribution in [-0.4, -0.2) is 32.1 Å². The van der Waals surface area contributed by atoms with Crippen LogP contribution in [0.15, 0.2) is 47.4 Å². The molecule has 0 saturated heterocycles. The molecule has 1 amide bonds. The van der Waals surface area contributed by atoms with Gasteiger partial charge in [-0.25, -0.2) is 13.4 Å². The molecule has 3 rings (SSSR count). The Balaban J connectivity index is 1.95. The molecule has 25 heavy (non-hydrogen) atoms. The van der Waals surface area contributed by atoms with Gasteiger partial charge in [-0.2, -0.15) is 0 Å². The largest absolute Gasteiger partial charge is 0.284 e. The fourth-order valence-electron chi connectivity index (χ4n) is 2.37. The van der Waals surface area contributed by atoms with Crippen LogP contribution in [0.2, 0.25) is 5.02 Å². The lowest BCUT2D eigenvalue weighted by atomic mass is 10.2. The van der Waals surface area contributed by atoms with Gasteiger partial charge in [-0.1, -0.05) is 22.9 Å². The van der Waals surface area contributed by atoms with Gasteiger partial charge in [0.2, 0.25) is 0 Å². The van der Waals surface area contributed by atoms with Gasteiger partial charge in [0.25, 0.3) is 5.91 Å². The zero-order valence-electron chi connectivity index (χ0n) is 13.6. The molecule has 0 radical (unpaired) electrons. The number of nitrogens with zero attached hydrogens (tertiary/aromatic N) is 2. The van der Waals surface area contributed by atoms with E-state index in [1.807, 2.05) is 13.0 Å². The first-order valence-corrected chi connectivity index (χ1v) is 10.6. The first-order chi connectivity index (χ1) is 11.8. The van der Waals surface area contributed by atoms with Crippen molar-refractivity contribution >= 4 is 54.0 Å². The molecule has 0 N–H and O–H groups in total. The topological polar surface area (TPSA) is 67.3 Å². The summed E-state index contributed by atoms with van der Waals surface area (Å²) in [5.74, 6) is -0.229. The quantitative estimate of drug-likeness (QED) is 0.670. The lowest BCUT2D eigenvalue weighted by Crippen LogP contribution is -2.30. The lowest BCUT2D eigenvalue weighted by Gasteiger charge is -2.17. The van der Waals surface area contributed by atoms with Gasteiger partial charge in [-0.05, 0) is 49.4 Å². The van der Waals surface area contributed by atoms with Gasteiger partial charge in [0, 0.05) is 23.4 Å². The molecule has 1 aromatic heterocycles. The van der Waals surface area contributed by atoms with Crippen LogP contribution in [0, 0.1) is 0 Å². The Kier molecular flexibility index (Phi) is 4.81. The smallest absolute Gasteiger partial charge is 0.260 e. The lowest BCUT2D eigenvalue weighted by molar-refractivity contribution is 0.0988. The average molecular weight is 395 g/mol. The van der Waals surface area contributed by atoms with Crippen LogP contribution in [0.1, 0.15) is 17.3 Å². The third kappa shape index (κ3) is 3.68. The summed E-state index contributed by atoms with van der Waals surface area (Å²) in [5.41, 5.74) is 1.15. The Hall–Kier alpha value is -1.96. The second kappa shape index (κ2) is 6.74.